The van der Waals surface area contributed by atoms with Gasteiger partial charge in [0.1, 0.15) is 0 Å². The van der Waals surface area contributed by atoms with Crippen molar-refractivity contribution in [1.82, 2.24) is 10.7 Å². The van der Waals surface area contributed by atoms with E-state index in [0.29, 0.717) is 27.1 Å². The summed E-state index contributed by atoms with van der Waals surface area (Å²) in [6.45, 7) is 0.574. The summed E-state index contributed by atoms with van der Waals surface area (Å²) in [5, 5.41) is 19.6. The van der Waals surface area contributed by atoms with Gasteiger partial charge in [0.25, 0.3) is 5.69 Å². The Labute approximate surface area is 188 Å². The topological polar surface area (TPSA) is 79.6 Å². The third-order valence-electron chi connectivity index (χ3n) is 3.90. The first-order valence-electron chi connectivity index (χ1n) is 8.84. The van der Waals surface area contributed by atoms with Gasteiger partial charge in [0, 0.05) is 28.1 Å². The van der Waals surface area contributed by atoms with E-state index in [1.807, 2.05) is 42.5 Å². The van der Waals surface area contributed by atoms with Crippen LogP contribution in [0.2, 0.25) is 5.02 Å². The molecule has 0 unspecified atom stereocenters. The van der Waals surface area contributed by atoms with Crippen LogP contribution in [0.3, 0.4) is 0 Å². The van der Waals surface area contributed by atoms with Gasteiger partial charge in [-0.05, 0) is 48.1 Å². The van der Waals surface area contributed by atoms with Crippen LogP contribution in [0.5, 0.6) is 0 Å². The largest absolute Gasteiger partial charge is 0.357 e. The predicted octanol–water partition coefficient (Wildman–Crippen LogP) is 5.40. The van der Waals surface area contributed by atoms with Gasteiger partial charge in [-0.1, -0.05) is 59.8 Å². The van der Waals surface area contributed by atoms with Gasteiger partial charge in [-0.3, -0.25) is 15.5 Å². The normalized spacial score (nSPS) is 10.7. The highest BCUT2D eigenvalue weighted by molar-refractivity contribution is 7.99. The molecule has 0 amide bonds. The summed E-state index contributed by atoms with van der Waals surface area (Å²) in [4.78, 5) is 12.5. The zero-order chi connectivity index (χ0) is 21.3. The van der Waals surface area contributed by atoms with Crippen LogP contribution < -0.4 is 10.7 Å². The van der Waals surface area contributed by atoms with E-state index >= 15 is 0 Å². The summed E-state index contributed by atoms with van der Waals surface area (Å²) in [5.74, 6) is 0. The monoisotopic (exact) mass is 456 g/mol. The average Bonchev–Trinajstić information content (AvgIpc) is 2.75. The molecule has 6 nitrogen and oxygen atoms in total. The first-order chi connectivity index (χ1) is 14.5. The molecule has 0 aliphatic rings. The molecule has 9 heteroatoms. The molecule has 0 bridgehead atoms. The highest BCUT2D eigenvalue weighted by Crippen LogP contribution is 2.35. The molecule has 0 saturated heterocycles. The van der Waals surface area contributed by atoms with Gasteiger partial charge in [0.2, 0.25) is 0 Å². The minimum atomic E-state index is -0.408. The summed E-state index contributed by atoms with van der Waals surface area (Å²) < 4.78 is 0. The number of hydrogen-bond acceptors (Lipinski definition) is 5. The third-order valence-corrected chi connectivity index (χ3v) is 5.46. The number of nitrogens with zero attached hydrogens (tertiary/aromatic N) is 2. The van der Waals surface area contributed by atoms with Crippen LogP contribution in [0.25, 0.3) is 0 Å². The number of nitro groups is 1. The summed E-state index contributed by atoms with van der Waals surface area (Å²) in [6, 6.07) is 21.9. The number of rotatable bonds is 7. The molecule has 3 aromatic carbocycles. The Kier molecular flexibility index (Phi) is 7.78. The van der Waals surface area contributed by atoms with Crippen LogP contribution in [0.1, 0.15) is 11.1 Å². The van der Waals surface area contributed by atoms with Crippen LogP contribution in [0, 0.1) is 10.1 Å². The Morgan fingerprint density at radius 3 is 2.57 bits per heavy atom. The maximum Gasteiger partial charge on any atom is 0.283 e. The maximum atomic E-state index is 11.5. The van der Waals surface area contributed by atoms with Crippen molar-refractivity contribution in [3.8, 4) is 0 Å². The summed E-state index contributed by atoms with van der Waals surface area (Å²) in [5.41, 5.74) is 4.39. The van der Waals surface area contributed by atoms with Gasteiger partial charge in [-0.2, -0.15) is 5.10 Å². The summed E-state index contributed by atoms with van der Waals surface area (Å²) in [6.07, 6.45) is 1.49. The molecular weight excluding hydrogens is 440 g/mol. The van der Waals surface area contributed by atoms with E-state index in [-0.39, 0.29) is 5.69 Å². The zero-order valence-corrected chi connectivity index (χ0v) is 18.0. The van der Waals surface area contributed by atoms with E-state index in [0.717, 1.165) is 10.5 Å². The number of thiocarbonyl (C=S) groups is 1. The molecule has 3 rings (SSSR count). The third kappa shape index (κ3) is 6.55. The lowest BCUT2D eigenvalue weighted by molar-refractivity contribution is -0.387. The Balaban J connectivity index is 1.61. The number of nitrogens with one attached hydrogen (secondary N) is 2. The summed E-state index contributed by atoms with van der Waals surface area (Å²) >= 11 is 12.4. The Morgan fingerprint density at radius 2 is 1.87 bits per heavy atom. The molecule has 0 aliphatic heterocycles. The van der Waals surface area contributed by atoms with Gasteiger partial charge in [-0.25, -0.2) is 0 Å². The lowest BCUT2D eigenvalue weighted by Gasteiger charge is -2.07. The Morgan fingerprint density at radius 1 is 1.13 bits per heavy atom. The van der Waals surface area contributed by atoms with Crippen molar-refractivity contribution < 1.29 is 4.92 Å². The van der Waals surface area contributed by atoms with E-state index in [4.69, 9.17) is 23.8 Å². The molecule has 0 aliphatic carbocycles. The Hall–Kier alpha value is -2.94. The second-order valence-corrected chi connectivity index (χ2v) is 8.04. The van der Waals surface area contributed by atoms with Crippen molar-refractivity contribution in [2.45, 2.75) is 16.3 Å². The number of halogens is 1. The number of nitro benzene ring substituents is 1. The number of hydrogen-bond donors (Lipinski definition) is 2. The van der Waals surface area contributed by atoms with E-state index in [2.05, 4.69) is 15.8 Å². The van der Waals surface area contributed by atoms with Crippen LogP contribution in [-0.2, 0) is 6.54 Å². The number of benzene rings is 3. The molecule has 0 atom stereocenters. The van der Waals surface area contributed by atoms with Crippen LogP contribution in [-0.4, -0.2) is 16.3 Å². The Bertz CT molecular complexity index is 1060. The fourth-order valence-electron chi connectivity index (χ4n) is 2.46. The predicted molar refractivity (Wildman–Crippen MR) is 125 cm³/mol. The highest BCUT2D eigenvalue weighted by Gasteiger charge is 2.15. The van der Waals surface area contributed by atoms with E-state index < -0.39 is 4.92 Å². The van der Waals surface area contributed by atoms with Gasteiger partial charge in [0.15, 0.2) is 5.11 Å². The smallest absolute Gasteiger partial charge is 0.283 e. The van der Waals surface area contributed by atoms with Crippen molar-refractivity contribution in [1.29, 1.82) is 0 Å². The van der Waals surface area contributed by atoms with Crippen LogP contribution in [0.15, 0.2) is 87.7 Å². The quantitative estimate of drug-likeness (QED) is 0.214. The van der Waals surface area contributed by atoms with Gasteiger partial charge >= 0.3 is 0 Å². The molecule has 0 fully saturated rings. The lowest BCUT2D eigenvalue weighted by atomic mass is 10.2. The van der Waals surface area contributed by atoms with Crippen molar-refractivity contribution in [2.24, 2.45) is 5.10 Å². The second kappa shape index (κ2) is 10.7. The van der Waals surface area contributed by atoms with E-state index in [1.54, 1.807) is 24.3 Å². The zero-order valence-electron chi connectivity index (χ0n) is 15.6. The fourth-order valence-corrected chi connectivity index (χ4v) is 3.61. The molecule has 3 aromatic rings. The van der Waals surface area contributed by atoms with Crippen LogP contribution in [0.4, 0.5) is 5.69 Å². The van der Waals surface area contributed by atoms with Crippen molar-refractivity contribution in [3.05, 3.63) is 99.1 Å². The second-order valence-electron chi connectivity index (χ2n) is 6.08. The first-order valence-corrected chi connectivity index (χ1v) is 10.4. The standard InChI is InChI=1S/C21H17ClN4O2S2/c22-17-7-9-18(10-8-17)30-20-11-6-16(12-19(20)26(27)28)14-24-25-21(29)23-13-15-4-2-1-3-5-15/h1-12,14H,13H2,(H2,23,25,29)/b24-14-. The van der Waals surface area contributed by atoms with Gasteiger partial charge < -0.3 is 5.32 Å². The molecule has 0 aromatic heterocycles. The maximum absolute atomic E-state index is 11.5. The average molecular weight is 457 g/mol. The molecule has 30 heavy (non-hydrogen) atoms. The molecule has 152 valence electrons. The fraction of sp³-hybridized carbons (Fsp3) is 0.0476. The van der Waals surface area contributed by atoms with E-state index in [1.165, 1.54) is 24.0 Å². The van der Waals surface area contributed by atoms with E-state index in [9.17, 15) is 10.1 Å². The highest BCUT2D eigenvalue weighted by atomic mass is 35.5. The van der Waals surface area contributed by atoms with Gasteiger partial charge in [-0.15, -0.1) is 0 Å². The summed E-state index contributed by atoms with van der Waals surface area (Å²) in [7, 11) is 0. The van der Waals surface area contributed by atoms with Crippen molar-refractivity contribution in [2.75, 3.05) is 0 Å². The molecule has 0 radical (unpaired) electrons. The lowest BCUT2D eigenvalue weighted by Crippen LogP contribution is -2.31. The molecule has 2 N–H and O–H groups in total. The molecular formula is C21H17ClN4O2S2. The van der Waals surface area contributed by atoms with Crippen LogP contribution >= 0.6 is 35.6 Å². The number of hydrazone groups is 1. The minimum Gasteiger partial charge on any atom is -0.357 e. The SMILES string of the molecule is O=[N+]([O-])c1cc(/C=N\NC(=S)NCc2ccccc2)ccc1Sc1ccc(Cl)cc1. The minimum absolute atomic E-state index is 0.00341. The van der Waals surface area contributed by atoms with Gasteiger partial charge in [0.05, 0.1) is 16.0 Å². The first kappa shape index (κ1) is 21.8. The van der Waals surface area contributed by atoms with Crippen molar-refractivity contribution >= 4 is 52.6 Å². The molecule has 0 heterocycles. The van der Waals surface area contributed by atoms with Crippen molar-refractivity contribution in [3.63, 3.8) is 0 Å². The molecule has 0 spiro atoms. The molecule has 0 saturated carbocycles.